The third kappa shape index (κ3) is 912. The van der Waals surface area contributed by atoms with Gasteiger partial charge in [0.15, 0.2) is 0 Å². The fourth-order valence-electron chi connectivity index (χ4n) is 0. The smallest absolute Gasteiger partial charge is 0.106 e. The van der Waals surface area contributed by atoms with Crippen molar-refractivity contribution in [2.24, 2.45) is 0 Å². The minimum atomic E-state index is 0. The summed E-state index contributed by atoms with van der Waals surface area (Å²) in [4.78, 5) is 25.4. The van der Waals surface area contributed by atoms with E-state index in [1.165, 1.54) is 0 Å². The highest BCUT2D eigenvalue weighted by Crippen LogP contribution is 1.15. The zero-order valence-corrected chi connectivity index (χ0v) is 6.96. The molecule has 0 aliphatic heterocycles. The Balaban J connectivity index is -0.00000000806. The Morgan fingerprint density at radius 2 is 0.692 bits per heavy atom. The van der Waals surface area contributed by atoms with Gasteiger partial charge in [-0.05, 0) is 0 Å². The van der Waals surface area contributed by atoms with E-state index in [0.29, 0.717) is 0 Å². The molecule has 3 heteroatoms. The lowest BCUT2D eigenvalue weighted by Crippen LogP contribution is -0.925. The lowest BCUT2D eigenvalue weighted by molar-refractivity contribution is -0.0987. The van der Waals surface area contributed by atoms with E-state index in [9.17, 15) is 0 Å². The van der Waals surface area contributed by atoms with Crippen LogP contribution in [0.1, 0.15) is 54.1 Å². The summed E-state index contributed by atoms with van der Waals surface area (Å²) in [6.07, 6.45) is 0. The average molecular weight is 204 g/mol. The van der Waals surface area contributed by atoms with Crippen LogP contribution >= 0.6 is 0 Å². The lowest BCUT2D eigenvalue weighted by Gasteiger charge is -1.07. The Labute approximate surface area is 89.8 Å². The zero-order chi connectivity index (χ0) is 12.1. The standard InChI is InChI=1S/2C2H6.3CH2O.3CH4/c5*1-2;;;/h2*1-2H3;3*1H2;3*1H4/i;;3*1T;;;. The molecule has 0 aliphatic rings. The summed E-state index contributed by atoms with van der Waals surface area (Å²) < 4.78 is 16.6. The first kappa shape index (κ1) is 29.6. The summed E-state index contributed by atoms with van der Waals surface area (Å²) in [5, 5.41) is 0. The zero-order valence-electron chi connectivity index (χ0n) is 9.96. The van der Waals surface area contributed by atoms with Crippen LogP contribution in [0.5, 0.6) is 0 Å². The van der Waals surface area contributed by atoms with Gasteiger partial charge < -0.3 is 14.4 Å². The summed E-state index contributed by atoms with van der Waals surface area (Å²) in [5.41, 5.74) is 0. The largest absolute Gasteiger partial charge is 0.307 e. The number of hydrogen-bond donors (Lipinski definition) is 0. The fourth-order valence-corrected chi connectivity index (χ4v) is 0. The summed E-state index contributed by atoms with van der Waals surface area (Å²) >= 11 is 0. The number of carbonyl (C=O) groups excluding carboxylic acids is 3. The minimum Gasteiger partial charge on any atom is -0.307 e. The molecule has 0 heterocycles. The van der Waals surface area contributed by atoms with Crippen LogP contribution in [0.25, 0.3) is 0 Å². The van der Waals surface area contributed by atoms with Crippen molar-refractivity contribution in [1.82, 2.24) is 0 Å². The van der Waals surface area contributed by atoms with Crippen LogP contribution in [0.3, 0.4) is 0 Å². The number of rotatable bonds is 0. The van der Waals surface area contributed by atoms with Crippen molar-refractivity contribution in [1.29, 1.82) is 0 Å². The van der Waals surface area contributed by atoms with Gasteiger partial charge in [0.25, 0.3) is 0 Å². The molecule has 0 aromatic rings. The molecule has 88 valence electrons. The van der Waals surface area contributed by atoms with Crippen LogP contribution in [-0.4, -0.2) is 20.3 Å². The van der Waals surface area contributed by atoms with Gasteiger partial charge in [0.1, 0.15) is 24.4 Å². The van der Waals surface area contributed by atoms with Gasteiger partial charge in [0.05, 0.1) is 0 Å². The molecular weight excluding hydrogens is 168 g/mol. The maximum absolute atomic E-state index is 8.47. The molecule has 0 saturated heterocycles. The molecule has 3 nitrogen and oxygen atoms in total. The highest BCUT2D eigenvalue weighted by atomic mass is 16.1. The van der Waals surface area contributed by atoms with Crippen molar-refractivity contribution in [3.05, 3.63) is 0 Å². The van der Waals surface area contributed by atoms with Crippen LogP contribution in [-0.2, 0) is 14.4 Å². The molecule has 0 rings (SSSR count). The van der Waals surface area contributed by atoms with Gasteiger partial charge in [-0.15, -0.1) is 0 Å². The minimum absolute atomic E-state index is 0. The van der Waals surface area contributed by atoms with Crippen molar-refractivity contribution in [2.75, 3.05) is 0 Å². The molecule has 0 aromatic carbocycles. The first-order chi connectivity index (χ1) is 6.24. The Morgan fingerprint density at radius 3 is 0.692 bits per heavy atom. The van der Waals surface area contributed by atoms with E-state index < -0.39 is 0 Å². The van der Waals surface area contributed by atoms with E-state index >= 15 is 0 Å². The van der Waals surface area contributed by atoms with Gasteiger partial charge in [0.2, 0.25) is 0 Å². The predicted octanol–water partition coefficient (Wildman–Crippen LogP) is 3.41. The molecule has 0 atom stereocenters. The second kappa shape index (κ2) is 1130. The van der Waals surface area contributed by atoms with E-state index in [0.717, 1.165) is 0 Å². The molecule has 0 aromatic heterocycles. The number of carbonyl (C=O) groups is 3. The summed E-state index contributed by atoms with van der Waals surface area (Å²) in [5.74, 6) is 0. The van der Waals surface area contributed by atoms with Crippen LogP contribution in [0, 0.1) is 0 Å². The molecule has 0 aliphatic carbocycles. The van der Waals surface area contributed by atoms with E-state index in [1.807, 2.05) is 27.7 Å². The van der Waals surface area contributed by atoms with Gasteiger partial charge in [-0.25, -0.2) is 0 Å². The van der Waals surface area contributed by atoms with Gasteiger partial charge >= 0.3 is 0 Å². The molecule has 0 unspecified atom stereocenters. The average Bonchev–Trinajstić information content (AvgIpc) is 2.14. The van der Waals surface area contributed by atoms with Crippen molar-refractivity contribution in [3.63, 3.8) is 0 Å². The van der Waals surface area contributed by atoms with Crippen LogP contribution < -0.4 is 0 Å². The van der Waals surface area contributed by atoms with Crippen molar-refractivity contribution in [2.45, 2.75) is 50.0 Å². The molecule has 13 heavy (non-hydrogen) atoms. The quantitative estimate of drug-likeness (QED) is 0.607. The van der Waals surface area contributed by atoms with Crippen molar-refractivity contribution in [3.8, 4) is 0 Å². The Hall–Kier alpha value is -0.990. The Kier molecular flexibility index (Phi) is 2570. The van der Waals surface area contributed by atoms with E-state index in [4.69, 9.17) is 18.5 Å². The Bertz CT molecular complexity index is 58.1. The summed E-state index contributed by atoms with van der Waals surface area (Å²) in [7, 11) is 0. The van der Waals surface area contributed by atoms with Crippen molar-refractivity contribution >= 4 is 20.3 Å². The van der Waals surface area contributed by atoms with Crippen LogP contribution in [0.15, 0.2) is 0 Å². The molecular formula is C10H30O3. The molecule has 0 amide bonds. The molecule has 0 saturated carbocycles. The molecule has 0 N–H and O–H groups in total. The van der Waals surface area contributed by atoms with Gasteiger partial charge in [-0.2, -0.15) is 0 Å². The monoisotopic (exact) mass is 204 g/mol. The Morgan fingerprint density at radius 1 is 0.692 bits per heavy atom. The van der Waals surface area contributed by atoms with E-state index in [1.54, 1.807) is 0 Å². The van der Waals surface area contributed by atoms with E-state index in [2.05, 4.69) is 0 Å². The first-order valence-electron chi connectivity index (χ1n) is 4.44. The topological polar surface area (TPSA) is 51.2 Å². The lowest BCUT2D eigenvalue weighted by atomic mass is 11.0. The highest BCUT2D eigenvalue weighted by molar-refractivity contribution is 5.11. The molecule has 0 radical (unpaired) electrons. The van der Waals surface area contributed by atoms with Crippen LogP contribution in [0.4, 0.5) is 0 Å². The highest BCUT2D eigenvalue weighted by Gasteiger charge is 0.934. The third-order valence-electron chi connectivity index (χ3n) is 0. The number of hydrogen-bond acceptors (Lipinski definition) is 3. The third-order valence-corrected chi connectivity index (χ3v) is 0. The molecule has 0 spiro atoms. The second-order valence-corrected chi connectivity index (χ2v) is 0. The van der Waals surface area contributed by atoms with E-state index in [-0.39, 0.29) is 42.6 Å². The fraction of sp³-hybridized carbons (Fsp3) is 0.700. The summed E-state index contributed by atoms with van der Waals surface area (Å²) in [6, 6.07) is 0. The predicted molar refractivity (Wildman–Crippen MR) is 64.3 cm³/mol. The van der Waals surface area contributed by atoms with Gasteiger partial charge in [-0.3, -0.25) is 0 Å². The van der Waals surface area contributed by atoms with Crippen molar-refractivity contribution < 1.29 is 18.5 Å². The van der Waals surface area contributed by atoms with Gasteiger partial charge in [-0.1, -0.05) is 50.0 Å². The first-order valence-corrected chi connectivity index (χ1v) is 2.71. The van der Waals surface area contributed by atoms with Gasteiger partial charge in [0, 0.05) is 0 Å². The molecule has 0 fully saturated rings. The summed E-state index contributed by atoms with van der Waals surface area (Å²) in [6.45, 7) is 8.00. The second-order valence-electron chi connectivity index (χ2n) is 0. The maximum atomic E-state index is 8.47. The molecule has 0 bridgehead atoms. The van der Waals surface area contributed by atoms with Crippen LogP contribution in [0.2, 0.25) is 0 Å². The maximum Gasteiger partial charge on any atom is 0.106 e. The SMILES string of the molecule is C.C.C.CC.CC.[3H]C=O.[3H]C=O.[3H]C=O. The normalized spacial score (nSPS) is 4.15.